The van der Waals surface area contributed by atoms with Crippen molar-refractivity contribution >= 4 is 17.7 Å². The number of carbonyl (C=O) groups is 3. The third kappa shape index (κ3) is 4.53. The largest absolute Gasteiger partial charge is 0.481 e. The normalized spacial score (nSPS) is 14.4. The molecular formula is C7H13N3O4. The Morgan fingerprint density at radius 2 is 1.50 bits per heavy atom. The Morgan fingerprint density at radius 3 is 1.86 bits per heavy atom. The molecule has 0 radical (unpaired) electrons. The van der Waals surface area contributed by atoms with E-state index in [0.717, 1.165) is 0 Å². The first-order chi connectivity index (χ1) is 6.34. The van der Waals surface area contributed by atoms with Crippen LogP contribution in [0.2, 0.25) is 0 Å². The molecule has 0 bridgehead atoms. The fraction of sp³-hybridized carbons (Fsp3) is 0.571. The minimum Gasteiger partial charge on any atom is -0.481 e. The highest BCUT2D eigenvalue weighted by atomic mass is 16.4. The first-order valence-electron chi connectivity index (χ1n) is 3.89. The molecule has 0 saturated heterocycles. The van der Waals surface area contributed by atoms with Crippen LogP contribution < -0.4 is 17.2 Å². The summed E-state index contributed by atoms with van der Waals surface area (Å²) in [7, 11) is 0. The number of ketones is 1. The van der Waals surface area contributed by atoms with Gasteiger partial charge in [-0.15, -0.1) is 0 Å². The van der Waals surface area contributed by atoms with Gasteiger partial charge in [0.25, 0.3) is 0 Å². The lowest BCUT2D eigenvalue weighted by molar-refractivity contribution is -0.139. The van der Waals surface area contributed by atoms with Gasteiger partial charge >= 0.3 is 5.97 Å². The summed E-state index contributed by atoms with van der Waals surface area (Å²) in [5.74, 6) is -2.60. The molecule has 0 aliphatic heterocycles. The number of primary amides is 1. The van der Waals surface area contributed by atoms with Crippen LogP contribution in [0.1, 0.15) is 12.8 Å². The Morgan fingerprint density at radius 1 is 1.07 bits per heavy atom. The van der Waals surface area contributed by atoms with Crippen LogP contribution >= 0.6 is 0 Å². The highest BCUT2D eigenvalue weighted by Gasteiger charge is 2.24. The predicted octanol–water partition coefficient (Wildman–Crippen LogP) is -2.44. The average molecular weight is 203 g/mol. The molecule has 0 heterocycles. The smallest absolute Gasteiger partial charge is 0.305 e. The number of amides is 1. The third-order valence-electron chi connectivity index (χ3n) is 1.55. The standard InChI is InChI=1S/C7H13N3O4/c8-3(1-5(10)11)7(14)4(9)2-6(12)13/h3-4H,1-2,8-9H2,(H2,10,11)(H,12,13)/t3?,4-/m1/s1. The first kappa shape index (κ1) is 12.5. The maximum Gasteiger partial charge on any atom is 0.305 e. The van der Waals surface area contributed by atoms with Gasteiger partial charge in [-0.3, -0.25) is 14.4 Å². The van der Waals surface area contributed by atoms with Crippen molar-refractivity contribution in [3.05, 3.63) is 0 Å². The summed E-state index contributed by atoms with van der Waals surface area (Å²) in [6.07, 6.45) is -0.836. The summed E-state index contributed by atoms with van der Waals surface area (Å²) in [4.78, 5) is 31.8. The average Bonchev–Trinajstić information content (AvgIpc) is 2.00. The van der Waals surface area contributed by atoms with Crippen molar-refractivity contribution in [2.24, 2.45) is 17.2 Å². The number of carbonyl (C=O) groups excluding carboxylic acids is 2. The van der Waals surface area contributed by atoms with Gasteiger partial charge in [0.2, 0.25) is 5.91 Å². The first-order valence-corrected chi connectivity index (χ1v) is 3.89. The van der Waals surface area contributed by atoms with E-state index < -0.39 is 36.2 Å². The van der Waals surface area contributed by atoms with E-state index in [1.807, 2.05) is 0 Å². The molecule has 7 N–H and O–H groups in total. The number of hydrogen-bond acceptors (Lipinski definition) is 5. The molecule has 1 unspecified atom stereocenters. The van der Waals surface area contributed by atoms with Crippen molar-refractivity contribution in [2.45, 2.75) is 24.9 Å². The van der Waals surface area contributed by atoms with Crippen molar-refractivity contribution in [1.82, 2.24) is 0 Å². The van der Waals surface area contributed by atoms with Crippen molar-refractivity contribution in [3.8, 4) is 0 Å². The Balaban J connectivity index is 4.16. The van der Waals surface area contributed by atoms with E-state index in [1.54, 1.807) is 0 Å². The number of carboxylic acids is 1. The molecule has 0 fully saturated rings. The lowest BCUT2D eigenvalue weighted by atomic mass is 10.0. The summed E-state index contributed by atoms with van der Waals surface area (Å²) in [5, 5.41) is 8.33. The molecule has 1 amide bonds. The zero-order chi connectivity index (χ0) is 11.3. The Kier molecular flexibility index (Phi) is 4.74. The molecule has 0 aliphatic carbocycles. The Hall–Kier alpha value is -1.47. The monoisotopic (exact) mass is 203 g/mol. The van der Waals surface area contributed by atoms with Gasteiger partial charge in [-0.05, 0) is 0 Å². The van der Waals surface area contributed by atoms with E-state index >= 15 is 0 Å². The third-order valence-corrected chi connectivity index (χ3v) is 1.55. The van der Waals surface area contributed by atoms with Gasteiger partial charge in [0, 0.05) is 6.42 Å². The van der Waals surface area contributed by atoms with E-state index in [2.05, 4.69) is 0 Å². The van der Waals surface area contributed by atoms with E-state index in [0.29, 0.717) is 0 Å². The molecule has 7 nitrogen and oxygen atoms in total. The van der Waals surface area contributed by atoms with Crippen molar-refractivity contribution < 1.29 is 19.5 Å². The van der Waals surface area contributed by atoms with Gasteiger partial charge < -0.3 is 22.3 Å². The maximum absolute atomic E-state index is 11.2. The number of carboxylic acid groups (broad SMARTS) is 1. The van der Waals surface area contributed by atoms with Gasteiger partial charge in [0.05, 0.1) is 18.5 Å². The van der Waals surface area contributed by atoms with Gasteiger partial charge in [-0.2, -0.15) is 0 Å². The van der Waals surface area contributed by atoms with Crippen LogP contribution in [0.4, 0.5) is 0 Å². The quantitative estimate of drug-likeness (QED) is 0.376. The van der Waals surface area contributed by atoms with E-state index in [-0.39, 0.29) is 6.42 Å². The second-order valence-corrected chi connectivity index (χ2v) is 2.88. The zero-order valence-corrected chi connectivity index (χ0v) is 7.47. The summed E-state index contributed by atoms with van der Waals surface area (Å²) >= 11 is 0. The molecule has 0 spiro atoms. The van der Waals surface area contributed by atoms with Crippen molar-refractivity contribution in [2.75, 3.05) is 0 Å². The van der Waals surface area contributed by atoms with Gasteiger partial charge in [0.15, 0.2) is 5.78 Å². The maximum atomic E-state index is 11.2. The van der Waals surface area contributed by atoms with Crippen LogP contribution in [0.5, 0.6) is 0 Å². The molecule has 7 heteroatoms. The fourth-order valence-electron chi connectivity index (χ4n) is 0.881. The second kappa shape index (κ2) is 5.30. The summed E-state index contributed by atoms with van der Waals surface area (Å²) in [6.45, 7) is 0. The topological polar surface area (TPSA) is 150 Å². The van der Waals surface area contributed by atoms with Crippen LogP contribution in [0, 0.1) is 0 Å². The molecule has 0 aromatic carbocycles. The zero-order valence-electron chi connectivity index (χ0n) is 7.47. The number of rotatable bonds is 6. The molecule has 80 valence electrons. The minimum atomic E-state index is -1.20. The van der Waals surface area contributed by atoms with Crippen LogP contribution in [-0.4, -0.2) is 34.8 Å². The van der Waals surface area contributed by atoms with E-state index in [4.69, 9.17) is 22.3 Å². The lowest BCUT2D eigenvalue weighted by Gasteiger charge is -2.12. The summed E-state index contributed by atoms with van der Waals surface area (Å²) in [5.41, 5.74) is 15.3. The fourth-order valence-corrected chi connectivity index (χ4v) is 0.881. The Labute approximate surface area is 80.2 Å². The lowest BCUT2D eigenvalue weighted by Crippen LogP contribution is -2.45. The number of Topliss-reactive ketones (excluding diaryl/α,β-unsaturated/α-hetero) is 1. The molecule has 2 atom stereocenters. The molecule has 0 aliphatic rings. The summed E-state index contributed by atoms with van der Waals surface area (Å²) < 4.78 is 0. The van der Waals surface area contributed by atoms with Gasteiger partial charge in [0.1, 0.15) is 0 Å². The number of aliphatic carboxylic acids is 1. The molecule has 14 heavy (non-hydrogen) atoms. The van der Waals surface area contributed by atoms with Gasteiger partial charge in [-0.25, -0.2) is 0 Å². The second-order valence-electron chi connectivity index (χ2n) is 2.88. The van der Waals surface area contributed by atoms with Gasteiger partial charge in [-0.1, -0.05) is 0 Å². The number of nitrogens with two attached hydrogens (primary N) is 3. The van der Waals surface area contributed by atoms with E-state index in [1.165, 1.54) is 0 Å². The molecule has 0 aromatic rings. The minimum absolute atomic E-state index is 0.327. The highest BCUT2D eigenvalue weighted by Crippen LogP contribution is 1.97. The van der Waals surface area contributed by atoms with Crippen LogP contribution in [-0.2, 0) is 14.4 Å². The summed E-state index contributed by atoms with van der Waals surface area (Å²) in [6, 6.07) is -2.32. The van der Waals surface area contributed by atoms with Crippen LogP contribution in [0.3, 0.4) is 0 Å². The highest BCUT2D eigenvalue weighted by molar-refractivity contribution is 5.94. The molecule has 0 saturated carbocycles. The van der Waals surface area contributed by atoms with E-state index in [9.17, 15) is 14.4 Å². The van der Waals surface area contributed by atoms with Crippen LogP contribution in [0.25, 0.3) is 0 Å². The SMILES string of the molecule is NC(=O)CC(N)C(=O)[C@H](N)CC(=O)O. The Bertz CT molecular complexity index is 229. The van der Waals surface area contributed by atoms with Crippen LogP contribution in [0.15, 0.2) is 0 Å². The van der Waals surface area contributed by atoms with Crippen molar-refractivity contribution in [1.29, 1.82) is 0 Å². The van der Waals surface area contributed by atoms with Crippen molar-refractivity contribution in [3.63, 3.8) is 0 Å². The number of hydrogen-bond donors (Lipinski definition) is 4. The molecule has 0 aromatic heterocycles. The predicted molar refractivity (Wildman–Crippen MR) is 47.0 cm³/mol. The molecule has 0 rings (SSSR count). The molecular weight excluding hydrogens is 190 g/mol.